The molecule has 58 heavy (non-hydrogen) atoms. The van der Waals surface area contributed by atoms with Gasteiger partial charge >= 0.3 is 0 Å². The molecule has 0 aliphatic carbocycles. The van der Waals surface area contributed by atoms with Crippen molar-refractivity contribution in [3.63, 3.8) is 0 Å². The number of fused-ring (bicyclic) bond motifs is 5. The molecule has 0 spiro atoms. The molecule has 0 amide bonds. The Balaban J connectivity index is 1.14. The van der Waals surface area contributed by atoms with Crippen molar-refractivity contribution in [3.05, 3.63) is 218 Å². The third kappa shape index (κ3) is 5.82. The molecule has 10 aromatic carbocycles. The molecule has 0 radical (unpaired) electrons. The van der Waals surface area contributed by atoms with Crippen LogP contribution in [0.3, 0.4) is 0 Å². The van der Waals surface area contributed by atoms with Crippen molar-refractivity contribution in [2.45, 2.75) is 0 Å². The van der Waals surface area contributed by atoms with E-state index >= 15 is 0 Å². The molecule has 11 aromatic rings. The second-order valence-corrected chi connectivity index (χ2v) is 14.9. The molecule has 0 atom stereocenters. The summed E-state index contributed by atoms with van der Waals surface area (Å²) >= 11 is 0. The first kappa shape index (κ1) is 33.6. The molecule has 0 saturated heterocycles. The van der Waals surface area contributed by atoms with E-state index in [2.05, 4.69) is 212 Å². The van der Waals surface area contributed by atoms with Crippen LogP contribution in [0.4, 0.5) is 0 Å². The highest BCUT2D eigenvalue weighted by molar-refractivity contribution is 6.23. The predicted molar refractivity (Wildman–Crippen MR) is 245 cm³/mol. The van der Waals surface area contributed by atoms with Crippen LogP contribution in [0.1, 0.15) is 0 Å². The highest BCUT2D eigenvalue weighted by Crippen LogP contribution is 2.44. The van der Waals surface area contributed by atoms with Gasteiger partial charge in [0.15, 0.2) is 5.82 Å². The first-order valence-corrected chi connectivity index (χ1v) is 19.8. The van der Waals surface area contributed by atoms with Gasteiger partial charge in [-0.2, -0.15) is 0 Å². The zero-order chi connectivity index (χ0) is 38.4. The quantitative estimate of drug-likeness (QED) is 0.125. The summed E-state index contributed by atoms with van der Waals surface area (Å²) in [5, 5.41) is 9.83. The van der Waals surface area contributed by atoms with Gasteiger partial charge in [-0.1, -0.05) is 200 Å². The topological polar surface area (TPSA) is 25.8 Å². The second kappa shape index (κ2) is 14.1. The summed E-state index contributed by atoms with van der Waals surface area (Å²) in [7, 11) is 0. The van der Waals surface area contributed by atoms with Gasteiger partial charge in [-0.15, -0.1) is 0 Å². The number of aromatic nitrogens is 2. The van der Waals surface area contributed by atoms with Gasteiger partial charge in [0.05, 0.1) is 11.4 Å². The van der Waals surface area contributed by atoms with Gasteiger partial charge in [-0.25, -0.2) is 9.97 Å². The van der Waals surface area contributed by atoms with Crippen LogP contribution >= 0.6 is 0 Å². The maximum Gasteiger partial charge on any atom is 0.160 e. The van der Waals surface area contributed by atoms with Crippen LogP contribution in [0.15, 0.2) is 218 Å². The van der Waals surface area contributed by atoms with Crippen molar-refractivity contribution in [2.75, 3.05) is 0 Å². The second-order valence-electron chi connectivity index (χ2n) is 14.9. The molecule has 0 N–H and O–H groups in total. The Morgan fingerprint density at radius 3 is 1.50 bits per heavy atom. The number of hydrogen-bond acceptors (Lipinski definition) is 2. The summed E-state index contributed by atoms with van der Waals surface area (Å²) in [6.45, 7) is 0. The molecule has 2 nitrogen and oxygen atoms in total. The molecule has 0 saturated carbocycles. The Hall–Kier alpha value is -7.68. The largest absolute Gasteiger partial charge is 0.228 e. The normalized spacial score (nSPS) is 11.4. The Labute approximate surface area is 337 Å². The lowest BCUT2D eigenvalue weighted by molar-refractivity contribution is 1.18. The van der Waals surface area contributed by atoms with Gasteiger partial charge in [0, 0.05) is 16.7 Å². The van der Waals surface area contributed by atoms with E-state index in [1.165, 1.54) is 60.0 Å². The average molecular weight is 737 g/mol. The van der Waals surface area contributed by atoms with Crippen molar-refractivity contribution in [1.29, 1.82) is 0 Å². The Morgan fingerprint density at radius 1 is 0.241 bits per heavy atom. The minimum atomic E-state index is 0.696. The first-order chi connectivity index (χ1) is 28.8. The molecule has 2 heteroatoms. The molecule has 11 rings (SSSR count). The Bertz CT molecular complexity index is 3320. The van der Waals surface area contributed by atoms with Crippen LogP contribution < -0.4 is 0 Å². The number of nitrogens with zero attached hydrogens (tertiary/aromatic N) is 2. The standard InChI is InChI=1S/C56H36N2/c1-4-16-37(17-5-1)44-30-29-42(35-51(44)38-18-6-2-7-19-38)53-36-54(58-56(57-53)40-21-8-3-9-22-40)48-32-33-49(47-27-15-14-26-46(47)48)55-45-25-13-11-23-41(45)34-52-43-24-12-10-20-39(43)28-31-50(52)55/h1-36H. The van der Waals surface area contributed by atoms with Gasteiger partial charge in [0.2, 0.25) is 0 Å². The third-order valence-electron chi connectivity index (χ3n) is 11.5. The van der Waals surface area contributed by atoms with Crippen LogP contribution in [-0.2, 0) is 0 Å². The van der Waals surface area contributed by atoms with E-state index < -0.39 is 0 Å². The Morgan fingerprint density at radius 2 is 0.776 bits per heavy atom. The van der Waals surface area contributed by atoms with Crippen molar-refractivity contribution < 1.29 is 0 Å². The van der Waals surface area contributed by atoms with Crippen LogP contribution in [0.5, 0.6) is 0 Å². The van der Waals surface area contributed by atoms with Crippen molar-refractivity contribution in [1.82, 2.24) is 9.97 Å². The van der Waals surface area contributed by atoms with E-state index in [4.69, 9.17) is 9.97 Å². The molecule has 270 valence electrons. The van der Waals surface area contributed by atoms with Crippen molar-refractivity contribution >= 4 is 43.1 Å². The summed E-state index contributed by atoms with van der Waals surface area (Å²) in [6.07, 6.45) is 0. The van der Waals surface area contributed by atoms with Gasteiger partial charge in [-0.3, -0.25) is 0 Å². The average Bonchev–Trinajstić information content (AvgIpc) is 3.31. The highest BCUT2D eigenvalue weighted by Gasteiger charge is 2.19. The maximum absolute atomic E-state index is 5.32. The smallest absolute Gasteiger partial charge is 0.160 e. The van der Waals surface area contributed by atoms with Crippen molar-refractivity contribution in [2.24, 2.45) is 0 Å². The molecular formula is C56H36N2. The maximum atomic E-state index is 5.32. The minimum absolute atomic E-state index is 0.696. The monoisotopic (exact) mass is 736 g/mol. The fourth-order valence-electron chi connectivity index (χ4n) is 8.73. The van der Waals surface area contributed by atoms with E-state index in [9.17, 15) is 0 Å². The SMILES string of the molecule is c1ccc(-c2nc(-c3ccc(-c4ccccc4)c(-c4ccccc4)c3)cc(-c3ccc(-c4c5ccccc5cc5c4ccc4ccccc45)c4ccccc34)n2)cc1. The van der Waals surface area contributed by atoms with E-state index in [1.807, 2.05) is 6.07 Å². The van der Waals surface area contributed by atoms with E-state index in [0.29, 0.717) is 5.82 Å². The predicted octanol–water partition coefficient (Wildman–Crippen LogP) is 15.1. The van der Waals surface area contributed by atoms with E-state index in [-0.39, 0.29) is 0 Å². The third-order valence-corrected chi connectivity index (χ3v) is 11.5. The first-order valence-electron chi connectivity index (χ1n) is 19.8. The summed E-state index contributed by atoms with van der Waals surface area (Å²) < 4.78 is 0. The molecule has 0 unspecified atom stereocenters. The van der Waals surface area contributed by atoms with Gasteiger partial charge in [-0.05, 0) is 94.7 Å². The number of benzene rings is 10. The molecule has 0 bridgehead atoms. The lowest BCUT2D eigenvalue weighted by Crippen LogP contribution is -1.97. The van der Waals surface area contributed by atoms with Crippen LogP contribution in [0, 0.1) is 0 Å². The summed E-state index contributed by atoms with van der Waals surface area (Å²) in [5.41, 5.74) is 12.0. The number of hydrogen-bond donors (Lipinski definition) is 0. The molecule has 0 fully saturated rings. The lowest BCUT2D eigenvalue weighted by atomic mass is 9.86. The van der Waals surface area contributed by atoms with Crippen molar-refractivity contribution in [3.8, 4) is 67.3 Å². The number of rotatable bonds is 6. The fourth-order valence-corrected chi connectivity index (χ4v) is 8.73. The van der Waals surface area contributed by atoms with E-state index in [0.717, 1.165) is 44.6 Å². The molecule has 0 aliphatic rings. The zero-order valence-corrected chi connectivity index (χ0v) is 31.7. The molecule has 1 heterocycles. The van der Waals surface area contributed by atoms with E-state index in [1.54, 1.807) is 0 Å². The zero-order valence-electron chi connectivity index (χ0n) is 31.7. The highest BCUT2D eigenvalue weighted by atomic mass is 14.9. The summed E-state index contributed by atoms with van der Waals surface area (Å²) in [5.74, 6) is 0.696. The fraction of sp³-hybridized carbons (Fsp3) is 0. The minimum Gasteiger partial charge on any atom is -0.228 e. The molecule has 1 aromatic heterocycles. The van der Waals surface area contributed by atoms with Gasteiger partial charge in [0.1, 0.15) is 0 Å². The lowest BCUT2D eigenvalue weighted by Gasteiger charge is -2.18. The molecule has 0 aliphatic heterocycles. The van der Waals surface area contributed by atoms with Crippen LogP contribution in [-0.4, -0.2) is 9.97 Å². The van der Waals surface area contributed by atoms with Crippen LogP contribution in [0.2, 0.25) is 0 Å². The van der Waals surface area contributed by atoms with Crippen LogP contribution in [0.25, 0.3) is 110 Å². The molecular weight excluding hydrogens is 701 g/mol. The Kier molecular flexibility index (Phi) is 8.19. The summed E-state index contributed by atoms with van der Waals surface area (Å²) in [4.78, 5) is 10.6. The summed E-state index contributed by atoms with van der Waals surface area (Å²) in [6, 6.07) is 78.2. The van der Waals surface area contributed by atoms with Gasteiger partial charge in [0.25, 0.3) is 0 Å². The van der Waals surface area contributed by atoms with Gasteiger partial charge < -0.3 is 0 Å².